The quantitative estimate of drug-likeness (QED) is 0.377. The maximum atomic E-state index is 11.8. The maximum absolute atomic E-state index is 11.8. The monoisotopic (exact) mass is 344 g/mol. The number of oxime groups is 1. The van der Waals surface area contributed by atoms with Crippen LogP contribution in [0.3, 0.4) is 0 Å². The zero-order chi connectivity index (χ0) is 18.2. The summed E-state index contributed by atoms with van der Waals surface area (Å²) in [4.78, 5) is 16.6. The van der Waals surface area contributed by atoms with Crippen molar-refractivity contribution in [3.8, 4) is 11.1 Å². The number of aryl methyl sites for hydroxylation is 1. The number of benzene rings is 3. The smallest absolute Gasteiger partial charge is 0.298 e. The molecule has 4 heteroatoms. The Bertz CT molecular complexity index is 870. The number of anilines is 1. The Morgan fingerprint density at radius 2 is 1.54 bits per heavy atom. The highest BCUT2D eigenvalue weighted by molar-refractivity contribution is 5.86. The first-order valence-corrected chi connectivity index (χ1v) is 8.50. The molecule has 3 aromatic carbocycles. The molecule has 0 bridgehead atoms. The molecule has 0 aliphatic carbocycles. The summed E-state index contributed by atoms with van der Waals surface area (Å²) in [5.41, 5.74) is 5.06. The van der Waals surface area contributed by atoms with E-state index in [0.717, 1.165) is 23.1 Å². The normalized spacial score (nSPS) is 10.7. The van der Waals surface area contributed by atoms with Crippen LogP contribution in [0, 0.1) is 0 Å². The van der Waals surface area contributed by atoms with E-state index in [0.29, 0.717) is 5.69 Å². The molecule has 1 N–H and O–H groups in total. The van der Waals surface area contributed by atoms with Gasteiger partial charge in [-0.3, -0.25) is 10.2 Å². The van der Waals surface area contributed by atoms with Crippen LogP contribution in [0.1, 0.15) is 18.1 Å². The molecule has 3 rings (SSSR count). The molecule has 0 aromatic heterocycles. The van der Waals surface area contributed by atoms with Gasteiger partial charge in [-0.15, -0.1) is 0 Å². The van der Waals surface area contributed by atoms with Gasteiger partial charge in [-0.1, -0.05) is 78.8 Å². The Kier molecular flexibility index (Phi) is 5.78. The lowest BCUT2D eigenvalue weighted by molar-refractivity contribution is 0.167. The summed E-state index contributed by atoms with van der Waals surface area (Å²) in [7, 11) is 0. The SMILES string of the molecule is CCc1ccc(-c2ccc(NC(=O)O/N=C/c3ccccc3)cc2)cc1. The second kappa shape index (κ2) is 8.62. The van der Waals surface area contributed by atoms with E-state index in [4.69, 9.17) is 4.84 Å². The van der Waals surface area contributed by atoms with Crippen LogP contribution >= 0.6 is 0 Å². The van der Waals surface area contributed by atoms with Crippen LogP contribution in [0.5, 0.6) is 0 Å². The summed E-state index contributed by atoms with van der Waals surface area (Å²) >= 11 is 0. The molecule has 0 heterocycles. The van der Waals surface area contributed by atoms with E-state index in [1.165, 1.54) is 11.8 Å². The molecule has 0 spiro atoms. The lowest BCUT2D eigenvalue weighted by Crippen LogP contribution is -2.10. The molecule has 3 aromatic rings. The standard InChI is InChI=1S/C22H20N2O2/c1-2-17-8-10-19(11-9-17)20-12-14-21(15-13-20)24-22(25)26-23-16-18-6-4-3-5-7-18/h3-16H,2H2,1H3,(H,24,25)/b23-16+. The first-order valence-electron chi connectivity index (χ1n) is 8.50. The fourth-order valence-electron chi connectivity index (χ4n) is 2.49. The summed E-state index contributed by atoms with van der Waals surface area (Å²) < 4.78 is 0. The first kappa shape index (κ1) is 17.4. The van der Waals surface area contributed by atoms with E-state index >= 15 is 0 Å². The zero-order valence-electron chi connectivity index (χ0n) is 14.6. The van der Waals surface area contributed by atoms with Crippen LogP contribution in [0.15, 0.2) is 84.0 Å². The second-order valence-corrected chi connectivity index (χ2v) is 5.78. The lowest BCUT2D eigenvalue weighted by Gasteiger charge is -2.06. The molecule has 130 valence electrons. The van der Waals surface area contributed by atoms with E-state index in [9.17, 15) is 4.79 Å². The fourth-order valence-corrected chi connectivity index (χ4v) is 2.49. The number of hydrogen-bond acceptors (Lipinski definition) is 3. The number of rotatable bonds is 5. The number of amides is 1. The van der Waals surface area contributed by atoms with Crippen LogP contribution in [-0.2, 0) is 11.3 Å². The number of hydrogen-bond donors (Lipinski definition) is 1. The predicted molar refractivity (Wildman–Crippen MR) is 105 cm³/mol. The van der Waals surface area contributed by atoms with E-state index < -0.39 is 6.09 Å². The summed E-state index contributed by atoms with van der Waals surface area (Å²) in [5, 5.41) is 6.33. The van der Waals surface area contributed by atoms with Gasteiger partial charge in [-0.05, 0) is 40.8 Å². The van der Waals surface area contributed by atoms with Gasteiger partial charge in [0.25, 0.3) is 0 Å². The van der Waals surface area contributed by atoms with Crippen molar-refractivity contribution in [2.45, 2.75) is 13.3 Å². The Labute approximate surface area is 153 Å². The van der Waals surface area contributed by atoms with Crippen molar-refractivity contribution in [2.75, 3.05) is 5.32 Å². The highest BCUT2D eigenvalue weighted by Gasteiger charge is 2.03. The summed E-state index contributed by atoms with van der Waals surface area (Å²) in [6, 6.07) is 25.5. The van der Waals surface area contributed by atoms with Crippen molar-refractivity contribution in [2.24, 2.45) is 5.16 Å². The summed E-state index contributed by atoms with van der Waals surface area (Å²) in [5.74, 6) is 0. The van der Waals surface area contributed by atoms with E-state index in [1.807, 2.05) is 54.6 Å². The second-order valence-electron chi connectivity index (χ2n) is 5.78. The largest absolute Gasteiger partial charge is 0.437 e. The molecule has 0 saturated carbocycles. The highest BCUT2D eigenvalue weighted by atomic mass is 16.7. The third kappa shape index (κ3) is 4.80. The molecular weight excluding hydrogens is 324 g/mol. The molecular formula is C22H20N2O2. The zero-order valence-corrected chi connectivity index (χ0v) is 14.6. The van der Waals surface area contributed by atoms with Crippen LogP contribution in [-0.4, -0.2) is 12.3 Å². The Balaban J connectivity index is 1.56. The van der Waals surface area contributed by atoms with Gasteiger partial charge in [0.2, 0.25) is 0 Å². The molecule has 0 radical (unpaired) electrons. The fraction of sp³-hybridized carbons (Fsp3) is 0.0909. The minimum Gasteiger partial charge on any atom is -0.298 e. The first-order chi connectivity index (χ1) is 12.7. The molecule has 0 atom stereocenters. The number of carbonyl (C=O) groups excluding carboxylic acids is 1. The van der Waals surface area contributed by atoms with Crippen LogP contribution in [0.4, 0.5) is 10.5 Å². The van der Waals surface area contributed by atoms with Gasteiger partial charge in [0.15, 0.2) is 0 Å². The van der Waals surface area contributed by atoms with Crippen molar-refractivity contribution in [3.05, 3.63) is 90.0 Å². The van der Waals surface area contributed by atoms with Gasteiger partial charge in [-0.2, -0.15) is 0 Å². The predicted octanol–water partition coefficient (Wildman–Crippen LogP) is 5.50. The van der Waals surface area contributed by atoms with Gasteiger partial charge in [0.05, 0.1) is 6.21 Å². The van der Waals surface area contributed by atoms with Crippen molar-refractivity contribution in [3.63, 3.8) is 0 Å². The van der Waals surface area contributed by atoms with Gasteiger partial charge in [-0.25, -0.2) is 4.79 Å². The molecule has 4 nitrogen and oxygen atoms in total. The van der Waals surface area contributed by atoms with E-state index in [2.05, 4.69) is 41.7 Å². The number of nitrogens with one attached hydrogen (secondary N) is 1. The summed E-state index contributed by atoms with van der Waals surface area (Å²) in [6.45, 7) is 2.14. The average Bonchev–Trinajstić information content (AvgIpc) is 2.69. The molecule has 0 fully saturated rings. The van der Waals surface area contributed by atoms with Gasteiger partial charge in [0.1, 0.15) is 0 Å². The topological polar surface area (TPSA) is 50.7 Å². The van der Waals surface area contributed by atoms with Gasteiger partial charge in [0, 0.05) is 5.69 Å². The Morgan fingerprint density at radius 3 is 2.15 bits per heavy atom. The third-order valence-corrected chi connectivity index (χ3v) is 3.96. The van der Waals surface area contributed by atoms with Crippen LogP contribution in [0.25, 0.3) is 11.1 Å². The van der Waals surface area contributed by atoms with E-state index in [1.54, 1.807) is 0 Å². The number of carbonyl (C=O) groups is 1. The minimum atomic E-state index is -0.628. The molecule has 0 aliphatic rings. The highest BCUT2D eigenvalue weighted by Crippen LogP contribution is 2.22. The third-order valence-electron chi connectivity index (χ3n) is 3.96. The molecule has 26 heavy (non-hydrogen) atoms. The Morgan fingerprint density at radius 1 is 0.923 bits per heavy atom. The average molecular weight is 344 g/mol. The number of nitrogens with zero attached hydrogens (tertiary/aromatic N) is 1. The lowest BCUT2D eigenvalue weighted by atomic mass is 10.0. The van der Waals surface area contributed by atoms with Crippen molar-refractivity contribution < 1.29 is 9.63 Å². The van der Waals surface area contributed by atoms with Crippen molar-refractivity contribution in [1.82, 2.24) is 0 Å². The molecule has 0 aliphatic heterocycles. The van der Waals surface area contributed by atoms with Crippen LogP contribution in [0.2, 0.25) is 0 Å². The Hall–Kier alpha value is -3.40. The molecule has 1 amide bonds. The van der Waals surface area contributed by atoms with Crippen molar-refractivity contribution in [1.29, 1.82) is 0 Å². The van der Waals surface area contributed by atoms with E-state index in [-0.39, 0.29) is 0 Å². The van der Waals surface area contributed by atoms with Crippen molar-refractivity contribution >= 4 is 18.0 Å². The van der Waals surface area contributed by atoms with Gasteiger partial charge >= 0.3 is 6.09 Å². The molecule has 0 unspecified atom stereocenters. The minimum absolute atomic E-state index is 0.628. The maximum Gasteiger partial charge on any atom is 0.437 e. The summed E-state index contributed by atoms with van der Waals surface area (Å²) in [6.07, 6.45) is 1.89. The molecule has 0 saturated heterocycles. The van der Waals surface area contributed by atoms with Gasteiger partial charge < -0.3 is 0 Å². The van der Waals surface area contributed by atoms with Crippen LogP contribution < -0.4 is 5.32 Å².